The molecular weight excluding hydrogens is 436 g/mol. The summed E-state index contributed by atoms with van der Waals surface area (Å²) in [6.45, 7) is 0. The Balaban J connectivity index is 1.57. The second-order valence-electron chi connectivity index (χ2n) is 5.59. The van der Waals surface area contributed by atoms with E-state index in [2.05, 4.69) is 43.6 Å². The van der Waals surface area contributed by atoms with E-state index in [-0.39, 0.29) is 11.7 Å². The van der Waals surface area contributed by atoms with Crippen molar-refractivity contribution in [2.24, 2.45) is 7.05 Å². The number of anilines is 1. The van der Waals surface area contributed by atoms with Gasteiger partial charge in [-0.05, 0) is 39.7 Å². The Bertz CT molecular complexity index is 917. The van der Waals surface area contributed by atoms with Gasteiger partial charge in [0.1, 0.15) is 5.82 Å². The van der Waals surface area contributed by atoms with Gasteiger partial charge < -0.3 is 9.88 Å². The Morgan fingerprint density at radius 3 is 2.73 bits per heavy atom. The highest BCUT2D eigenvalue weighted by Crippen LogP contribution is 2.26. The van der Waals surface area contributed by atoms with E-state index in [0.717, 1.165) is 10.3 Å². The number of hydrogen-bond donors (Lipinski definition) is 1. The number of halogens is 2. The maximum atomic E-state index is 12.1. The maximum absolute atomic E-state index is 12.1. The van der Waals surface area contributed by atoms with E-state index in [1.807, 2.05) is 29.8 Å². The molecule has 2 aromatic carbocycles. The highest BCUT2D eigenvalue weighted by atomic mass is 79.9. The fourth-order valence-corrected chi connectivity index (χ4v) is 3.46. The minimum Gasteiger partial charge on any atom is -0.325 e. The number of carbonyl (C=O) groups excluding carboxylic acids is 1. The molecule has 134 valence electrons. The van der Waals surface area contributed by atoms with Gasteiger partial charge in [0.15, 0.2) is 5.16 Å². The highest BCUT2D eigenvalue weighted by Gasteiger charge is 2.12. The summed E-state index contributed by atoms with van der Waals surface area (Å²) in [4.78, 5) is 12.1. The minimum absolute atomic E-state index is 0.124. The molecule has 1 aromatic heterocycles. The second-order valence-corrected chi connectivity index (χ2v) is 7.79. The van der Waals surface area contributed by atoms with Gasteiger partial charge in [-0.3, -0.25) is 4.79 Å². The first-order valence-corrected chi connectivity index (χ1v) is 9.98. The summed E-state index contributed by atoms with van der Waals surface area (Å²) in [5.41, 5.74) is 1.83. The molecular formula is C18H16BrClN4OS. The van der Waals surface area contributed by atoms with Gasteiger partial charge in [0.05, 0.1) is 10.8 Å². The van der Waals surface area contributed by atoms with Crippen LogP contribution in [0.3, 0.4) is 0 Å². The number of thioether (sulfide) groups is 1. The molecule has 3 rings (SSSR count). The molecule has 0 saturated heterocycles. The molecule has 26 heavy (non-hydrogen) atoms. The Hall–Kier alpha value is -1.83. The van der Waals surface area contributed by atoms with Crippen LogP contribution in [0.4, 0.5) is 5.69 Å². The Morgan fingerprint density at radius 2 is 2.00 bits per heavy atom. The van der Waals surface area contributed by atoms with Crippen LogP contribution < -0.4 is 5.32 Å². The first-order valence-electron chi connectivity index (χ1n) is 7.83. The van der Waals surface area contributed by atoms with Gasteiger partial charge in [-0.1, -0.05) is 53.7 Å². The first-order chi connectivity index (χ1) is 12.5. The van der Waals surface area contributed by atoms with Crippen LogP contribution in [0.5, 0.6) is 0 Å². The lowest BCUT2D eigenvalue weighted by molar-refractivity contribution is -0.113. The monoisotopic (exact) mass is 450 g/mol. The molecule has 0 bridgehead atoms. The van der Waals surface area contributed by atoms with Crippen molar-refractivity contribution in [2.45, 2.75) is 11.6 Å². The largest absolute Gasteiger partial charge is 0.325 e. The fourth-order valence-electron chi connectivity index (χ4n) is 2.30. The lowest BCUT2D eigenvalue weighted by atomic mass is 10.1. The van der Waals surface area contributed by atoms with Crippen LogP contribution in [0, 0.1) is 0 Å². The molecule has 8 heteroatoms. The van der Waals surface area contributed by atoms with E-state index in [1.54, 1.807) is 18.2 Å². The normalized spacial score (nSPS) is 10.7. The molecule has 0 fully saturated rings. The van der Waals surface area contributed by atoms with Gasteiger partial charge in [-0.25, -0.2) is 0 Å². The van der Waals surface area contributed by atoms with Gasteiger partial charge in [-0.15, -0.1) is 10.2 Å². The van der Waals surface area contributed by atoms with Crippen LogP contribution in [-0.4, -0.2) is 26.4 Å². The highest BCUT2D eigenvalue weighted by molar-refractivity contribution is 9.10. The van der Waals surface area contributed by atoms with Crippen LogP contribution in [0.1, 0.15) is 11.4 Å². The van der Waals surface area contributed by atoms with Crippen LogP contribution in [0.15, 0.2) is 58.2 Å². The molecule has 0 aliphatic heterocycles. The molecule has 5 nitrogen and oxygen atoms in total. The average Bonchev–Trinajstić information content (AvgIpc) is 2.97. The van der Waals surface area contributed by atoms with E-state index in [1.165, 1.54) is 17.3 Å². The van der Waals surface area contributed by atoms with Crippen molar-refractivity contribution >= 4 is 50.9 Å². The molecule has 0 saturated carbocycles. The van der Waals surface area contributed by atoms with Crippen LogP contribution in [0.2, 0.25) is 5.02 Å². The summed E-state index contributed by atoms with van der Waals surface area (Å²) >= 11 is 10.7. The predicted octanol–water partition coefficient (Wildman–Crippen LogP) is 4.55. The van der Waals surface area contributed by atoms with Crippen LogP contribution in [-0.2, 0) is 18.3 Å². The van der Waals surface area contributed by atoms with Crippen molar-refractivity contribution in [3.05, 3.63) is 69.4 Å². The van der Waals surface area contributed by atoms with Crippen LogP contribution >= 0.6 is 39.3 Å². The molecule has 1 heterocycles. The molecule has 1 N–H and O–H groups in total. The zero-order chi connectivity index (χ0) is 18.5. The van der Waals surface area contributed by atoms with E-state index in [4.69, 9.17) is 11.6 Å². The lowest BCUT2D eigenvalue weighted by Crippen LogP contribution is -2.14. The number of nitrogens with one attached hydrogen (secondary N) is 1. The number of rotatable bonds is 6. The summed E-state index contributed by atoms with van der Waals surface area (Å²) in [5.74, 6) is 0.977. The summed E-state index contributed by atoms with van der Waals surface area (Å²) in [6.07, 6.45) is 0.703. The number of nitrogens with zero attached hydrogens (tertiary/aromatic N) is 3. The van der Waals surface area contributed by atoms with Crippen molar-refractivity contribution < 1.29 is 4.79 Å². The molecule has 3 aromatic rings. The molecule has 0 aliphatic carbocycles. The summed E-state index contributed by atoms with van der Waals surface area (Å²) in [7, 11) is 1.91. The molecule has 0 radical (unpaired) electrons. The topological polar surface area (TPSA) is 59.8 Å². The number of aromatic nitrogens is 3. The van der Waals surface area contributed by atoms with Crippen molar-refractivity contribution in [1.29, 1.82) is 0 Å². The van der Waals surface area contributed by atoms with E-state index >= 15 is 0 Å². The number of hydrogen-bond acceptors (Lipinski definition) is 4. The number of carbonyl (C=O) groups is 1. The van der Waals surface area contributed by atoms with E-state index in [0.29, 0.717) is 22.3 Å². The average molecular weight is 452 g/mol. The Kier molecular flexibility index (Phi) is 6.34. The predicted molar refractivity (Wildman–Crippen MR) is 109 cm³/mol. The van der Waals surface area contributed by atoms with Gasteiger partial charge in [0.2, 0.25) is 5.91 Å². The quantitative estimate of drug-likeness (QED) is 0.558. The second kappa shape index (κ2) is 8.70. The standard InChI is InChI=1S/C18H16BrClN4OS/c1-24-16(9-12-5-3-2-4-6-12)22-23-18(24)26-11-17(25)21-13-7-8-14(19)15(20)10-13/h2-8,10H,9,11H2,1H3,(H,21,25). The van der Waals surface area contributed by atoms with Gasteiger partial charge in [-0.2, -0.15) is 0 Å². The Morgan fingerprint density at radius 1 is 1.23 bits per heavy atom. The molecule has 0 atom stereocenters. The first kappa shape index (κ1) is 18.9. The van der Waals surface area contributed by atoms with E-state index < -0.39 is 0 Å². The van der Waals surface area contributed by atoms with Crippen molar-refractivity contribution in [1.82, 2.24) is 14.8 Å². The SMILES string of the molecule is Cn1c(Cc2ccccc2)nnc1SCC(=O)Nc1ccc(Br)c(Cl)c1. The maximum Gasteiger partial charge on any atom is 0.234 e. The summed E-state index contributed by atoms with van der Waals surface area (Å²) in [6, 6.07) is 15.4. The summed E-state index contributed by atoms with van der Waals surface area (Å²) in [5, 5.41) is 12.5. The molecule has 0 unspecified atom stereocenters. The molecule has 0 aliphatic rings. The smallest absolute Gasteiger partial charge is 0.234 e. The van der Waals surface area contributed by atoms with Gasteiger partial charge in [0.25, 0.3) is 0 Å². The Labute approximate surface area is 169 Å². The number of amides is 1. The fraction of sp³-hybridized carbons (Fsp3) is 0.167. The number of benzene rings is 2. The zero-order valence-electron chi connectivity index (χ0n) is 13.9. The molecule has 1 amide bonds. The summed E-state index contributed by atoms with van der Waals surface area (Å²) < 4.78 is 2.71. The van der Waals surface area contributed by atoms with Gasteiger partial charge in [0, 0.05) is 23.6 Å². The van der Waals surface area contributed by atoms with Crippen molar-refractivity contribution in [3.63, 3.8) is 0 Å². The molecule has 0 spiro atoms. The third-order valence-corrected chi connectivity index (χ3v) is 5.92. The van der Waals surface area contributed by atoms with Crippen LogP contribution in [0.25, 0.3) is 0 Å². The zero-order valence-corrected chi connectivity index (χ0v) is 17.1. The van der Waals surface area contributed by atoms with E-state index in [9.17, 15) is 4.79 Å². The van der Waals surface area contributed by atoms with Gasteiger partial charge >= 0.3 is 0 Å². The third-order valence-electron chi connectivity index (χ3n) is 3.67. The minimum atomic E-state index is -0.124. The van der Waals surface area contributed by atoms with Crippen molar-refractivity contribution in [3.8, 4) is 0 Å². The van der Waals surface area contributed by atoms with Crippen molar-refractivity contribution in [2.75, 3.05) is 11.1 Å². The lowest BCUT2D eigenvalue weighted by Gasteiger charge is -2.07. The third kappa shape index (κ3) is 4.87.